The van der Waals surface area contributed by atoms with Gasteiger partial charge in [0.2, 0.25) is 11.8 Å². The van der Waals surface area contributed by atoms with Gasteiger partial charge >= 0.3 is 0 Å². The van der Waals surface area contributed by atoms with Crippen LogP contribution in [0.3, 0.4) is 0 Å². The van der Waals surface area contributed by atoms with Crippen molar-refractivity contribution in [1.82, 2.24) is 0 Å². The van der Waals surface area contributed by atoms with Crippen LogP contribution in [0.25, 0.3) is 0 Å². The van der Waals surface area contributed by atoms with Crippen LogP contribution in [0.1, 0.15) is 65.0 Å². The third-order valence-electron chi connectivity index (χ3n) is 7.59. The lowest BCUT2D eigenvalue weighted by molar-refractivity contribution is -0.122. The van der Waals surface area contributed by atoms with Gasteiger partial charge in [-0.15, -0.1) is 0 Å². The molecule has 0 radical (unpaired) electrons. The number of rotatable bonds is 2. The van der Waals surface area contributed by atoms with Gasteiger partial charge in [0.1, 0.15) is 0 Å². The van der Waals surface area contributed by atoms with E-state index in [4.69, 9.17) is 0 Å². The van der Waals surface area contributed by atoms with E-state index in [1.165, 1.54) is 32.7 Å². The maximum Gasteiger partial charge on any atom is 0.238 e. The third kappa shape index (κ3) is 2.35. The van der Waals surface area contributed by atoms with Gasteiger partial charge in [0.05, 0.1) is 17.5 Å². The Kier molecular flexibility index (Phi) is 3.83. The Hall–Kier alpha value is -3.20. The molecule has 3 aromatic rings. The number of anilines is 1. The van der Waals surface area contributed by atoms with E-state index in [2.05, 4.69) is 56.3 Å². The number of carbonyl (C=O) groups is 2. The van der Waals surface area contributed by atoms with Crippen molar-refractivity contribution in [3.05, 3.63) is 100 Å². The average Bonchev–Trinajstić information content (AvgIpc) is 3.04. The molecule has 0 unspecified atom stereocenters. The Labute approximate surface area is 182 Å². The van der Waals surface area contributed by atoms with Crippen LogP contribution in [-0.2, 0) is 9.59 Å². The van der Waals surface area contributed by atoms with E-state index in [0.29, 0.717) is 5.92 Å². The van der Waals surface area contributed by atoms with E-state index < -0.39 is 0 Å². The molecule has 0 aromatic heterocycles. The van der Waals surface area contributed by atoms with Crippen molar-refractivity contribution in [2.45, 2.75) is 38.5 Å². The Bertz CT molecular complexity index is 1260. The van der Waals surface area contributed by atoms with E-state index in [1.54, 1.807) is 0 Å². The molecule has 1 aliphatic heterocycles. The second-order valence-corrected chi connectivity index (χ2v) is 9.48. The van der Waals surface area contributed by atoms with Gasteiger partial charge in [0, 0.05) is 11.8 Å². The van der Waals surface area contributed by atoms with Crippen LogP contribution in [0.5, 0.6) is 0 Å². The first kappa shape index (κ1) is 18.6. The van der Waals surface area contributed by atoms with Crippen molar-refractivity contribution < 1.29 is 9.59 Å². The maximum atomic E-state index is 13.8. The standard InChI is InChI=1S/C28H25NO2/c1-15(2)17-12-13-20-21(14-17)24-19-10-6-5-9-18(19)23(20)25-26(24)28(31)29(27(25)30)22-11-7-4-8-16(22)3/h4-15,23-26H,1-3H3/t23-,24-,25+,26+/m1/s1. The molecule has 4 atom stereocenters. The van der Waals surface area contributed by atoms with Crippen LogP contribution in [0.15, 0.2) is 66.7 Å². The zero-order valence-corrected chi connectivity index (χ0v) is 18.0. The first-order chi connectivity index (χ1) is 15.0. The summed E-state index contributed by atoms with van der Waals surface area (Å²) in [6, 6.07) is 22.8. The zero-order valence-electron chi connectivity index (χ0n) is 18.0. The Morgan fingerprint density at radius 2 is 1.26 bits per heavy atom. The summed E-state index contributed by atoms with van der Waals surface area (Å²) in [5.41, 5.74) is 7.86. The number of aryl methyl sites for hydroxylation is 1. The molecule has 31 heavy (non-hydrogen) atoms. The number of hydrogen-bond acceptors (Lipinski definition) is 2. The summed E-state index contributed by atoms with van der Waals surface area (Å²) in [5, 5.41) is 0. The van der Waals surface area contributed by atoms with Crippen molar-refractivity contribution in [1.29, 1.82) is 0 Å². The molecule has 0 saturated carbocycles. The predicted octanol–water partition coefficient (Wildman–Crippen LogP) is 5.52. The molecular weight excluding hydrogens is 382 g/mol. The summed E-state index contributed by atoms with van der Waals surface area (Å²) in [4.78, 5) is 29.1. The predicted molar refractivity (Wildman–Crippen MR) is 121 cm³/mol. The second-order valence-electron chi connectivity index (χ2n) is 9.48. The summed E-state index contributed by atoms with van der Waals surface area (Å²) in [7, 11) is 0. The lowest BCUT2D eigenvalue weighted by Gasteiger charge is -2.46. The number of benzene rings is 3. The minimum atomic E-state index is -0.332. The number of nitrogens with zero attached hydrogens (tertiary/aromatic N) is 1. The van der Waals surface area contributed by atoms with Gasteiger partial charge < -0.3 is 0 Å². The van der Waals surface area contributed by atoms with Crippen LogP contribution in [0, 0.1) is 18.8 Å². The van der Waals surface area contributed by atoms with E-state index in [-0.39, 0.29) is 35.5 Å². The van der Waals surface area contributed by atoms with E-state index in [0.717, 1.165) is 11.3 Å². The monoisotopic (exact) mass is 407 g/mol. The van der Waals surface area contributed by atoms with Crippen molar-refractivity contribution in [2.24, 2.45) is 11.8 Å². The molecule has 3 aliphatic carbocycles. The number of imide groups is 1. The topological polar surface area (TPSA) is 37.4 Å². The summed E-state index contributed by atoms with van der Waals surface area (Å²) in [6.07, 6.45) is 0. The number of para-hydroxylation sites is 1. The molecule has 7 rings (SSSR count). The molecule has 4 aliphatic rings. The van der Waals surface area contributed by atoms with Gasteiger partial charge in [-0.05, 0) is 52.3 Å². The number of hydrogen-bond donors (Lipinski definition) is 0. The normalized spacial score (nSPS) is 25.6. The van der Waals surface area contributed by atoms with E-state index >= 15 is 0 Å². The van der Waals surface area contributed by atoms with Gasteiger partial charge in [0.25, 0.3) is 0 Å². The molecule has 2 amide bonds. The molecule has 3 heteroatoms. The SMILES string of the molecule is Cc1ccccc1N1C(=O)[C@H]2[C@@H]3c4ccccc4[C@H](c4cc(C(C)C)ccc43)[C@@H]2C1=O. The van der Waals surface area contributed by atoms with Crippen LogP contribution in [0.2, 0.25) is 0 Å². The summed E-state index contributed by atoms with van der Waals surface area (Å²) in [6.45, 7) is 6.36. The van der Waals surface area contributed by atoms with Gasteiger partial charge in [-0.25, -0.2) is 4.90 Å². The molecule has 3 nitrogen and oxygen atoms in total. The van der Waals surface area contributed by atoms with Crippen LogP contribution in [-0.4, -0.2) is 11.8 Å². The second kappa shape index (κ2) is 6.40. The number of carbonyl (C=O) groups excluding carboxylic acids is 2. The summed E-state index contributed by atoms with van der Waals surface area (Å²) >= 11 is 0. The zero-order chi connectivity index (χ0) is 21.4. The minimum absolute atomic E-state index is 0.0468. The van der Waals surface area contributed by atoms with E-state index in [1.807, 2.05) is 31.2 Å². The molecule has 1 heterocycles. The Morgan fingerprint density at radius 1 is 0.710 bits per heavy atom. The molecular formula is C28H25NO2. The Morgan fingerprint density at radius 3 is 1.87 bits per heavy atom. The maximum absolute atomic E-state index is 13.8. The van der Waals surface area contributed by atoms with Crippen molar-refractivity contribution in [3.8, 4) is 0 Å². The Balaban J connectivity index is 1.58. The number of amides is 2. The van der Waals surface area contributed by atoms with Crippen LogP contribution < -0.4 is 4.90 Å². The smallest absolute Gasteiger partial charge is 0.238 e. The average molecular weight is 408 g/mol. The first-order valence-electron chi connectivity index (χ1n) is 11.1. The van der Waals surface area contributed by atoms with Crippen LogP contribution >= 0.6 is 0 Å². The molecule has 2 bridgehead atoms. The quantitative estimate of drug-likeness (QED) is 0.525. The molecule has 154 valence electrons. The van der Waals surface area contributed by atoms with Crippen molar-refractivity contribution in [2.75, 3.05) is 4.90 Å². The summed E-state index contributed by atoms with van der Waals surface area (Å²) < 4.78 is 0. The minimum Gasteiger partial charge on any atom is -0.274 e. The molecule has 0 spiro atoms. The fourth-order valence-electron chi connectivity index (χ4n) is 6.16. The highest BCUT2D eigenvalue weighted by Gasteiger charge is 2.61. The lowest BCUT2D eigenvalue weighted by Crippen LogP contribution is -2.41. The van der Waals surface area contributed by atoms with Crippen LogP contribution in [0.4, 0.5) is 5.69 Å². The van der Waals surface area contributed by atoms with Gasteiger partial charge in [0.15, 0.2) is 0 Å². The van der Waals surface area contributed by atoms with Gasteiger partial charge in [-0.3, -0.25) is 9.59 Å². The van der Waals surface area contributed by atoms with E-state index in [9.17, 15) is 9.59 Å². The molecule has 3 aromatic carbocycles. The van der Waals surface area contributed by atoms with Crippen molar-refractivity contribution in [3.63, 3.8) is 0 Å². The highest BCUT2D eigenvalue weighted by molar-refractivity contribution is 6.23. The van der Waals surface area contributed by atoms with Gasteiger partial charge in [-0.1, -0.05) is 74.5 Å². The molecule has 0 N–H and O–H groups in total. The van der Waals surface area contributed by atoms with Gasteiger partial charge in [-0.2, -0.15) is 0 Å². The fourth-order valence-corrected chi connectivity index (χ4v) is 6.16. The third-order valence-corrected chi connectivity index (χ3v) is 7.59. The van der Waals surface area contributed by atoms with Crippen molar-refractivity contribution >= 4 is 17.5 Å². The first-order valence-corrected chi connectivity index (χ1v) is 11.1. The molecule has 1 saturated heterocycles. The highest BCUT2D eigenvalue weighted by Crippen LogP contribution is 2.61. The molecule has 1 fully saturated rings. The summed E-state index contributed by atoms with van der Waals surface area (Å²) in [5.74, 6) is -0.465. The highest BCUT2D eigenvalue weighted by atomic mass is 16.2. The lowest BCUT2D eigenvalue weighted by atomic mass is 9.54. The largest absolute Gasteiger partial charge is 0.274 e. The fraction of sp³-hybridized carbons (Fsp3) is 0.286.